The van der Waals surface area contributed by atoms with E-state index in [0.717, 1.165) is 32.7 Å². The van der Waals surface area contributed by atoms with Gasteiger partial charge in [0.1, 0.15) is 4.60 Å². The fraction of sp³-hybridized carbons (Fsp3) is 0. The Hall–Kier alpha value is -2.34. The van der Waals surface area contributed by atoms with E-state index >= 15 is 0 Å². The van der Waals surface area contributed by atoms with Gasteiger partial charge in [-0.05, 0) is 40.2 Å². The maximum absolute atomic E-state index is 4.45. The second-order valence-corrected chi connectivity index (χ2v) is 5.29. The van der Waals surface area contributed by atoms with Gasteiger partial charge in [0.05, 0.1) is 0 Å². The van der Waals surface area contributed by atoms with Gasteiger partial charge in [-0.1, -0.05) is 0 Å². The summed E-state index contributed by atoms with van der Waals surface area (Å²) in [5.41, 5.74) is 2.89. The van der Waals surface area contributed by atoms with Gasteiger partial charge in [-0.25, -0.2) is 9.97 Å². The molecule has 3 heterocycles. The van der Waals surface area contributed by atoms with Gasteiger partial charge >= 0.3 is 0 Å². The predicted molar refractivity (Wildman–Crippen MR) is 82.3 cm³/mol. The van der Waals surface area contributed by atoms with Crippen molar-refractivity contribution >= 4 is 44.0 Å². The van der Waals surface area contributed by atoms with E-state index in [1.54, 1.807) is 6.20 Å². The fourth-order valence-electron chi connectivity index (χ4n) is 2.25. The monoisotopic (exact) mass is 327 g/mol. The average molecular weight is 328 g/mol. The number of aromatic amines is 1. The van der Waals surface area contributed by atoms with Crippen molar-refractivity contribution in [3.63, 3.8) is 0 Å². The van der Waals surface area contributed by atoms with Gasteiger partial charge in [-0.2, -0.15) is 0 Å². The molecular formula is C14H10BrN5. The quantitative estimate of drug-likeness (QED) is 0.590. The summed E-state index contributed by atoms with van der Waals surface area (Å²) in [6, 6.07) is 8.17. The summed E-state index contributed by atoms with van der Waals surface area (Å²) in [5, 5.41) is 4.47. The molecule has 20 heavy (non-hydrogen) atoms. The lowest BCUT2D eigenvalue weighted by atomic mass is 10.2. The Balaban J connectivity index is 1.81. The smallest absolute Gasteiger partial charge is 0.180 e. The summed E-state index contributed by atoms with van der Waals surface area (Å²) < 4.78 is 2.68. The maximum Gasteiger partial charge on any atom is 0.180 e. The zero-order valence-electron chi connectivity index (χ0n) is 10.3. The van der Waals surface area contributed by atoms with Gasteiger partial charge in [-0.15, -0.1) is 0 Å². The van der Waals surface area contributed by atoms with Crippen LogP contribution in [0, 0.1) is 0 Å². The minimum atomic E-state index is 0.722. The Kier molecular flexibility index (Phi) is 2.50. The molecule has 1 aromatic carbocycles. The van der Waals surface area contributed by atoms with Crippen LogP contribution in [0.5, 0.6) is 0 Å². The normalized spacial score (nSPS) is 11.2. The Morgan fingerprint density at radius 2 is 2.20 bits per heavy atom. The van der Waals surface area contributed by atoms with Crippen molar-refractivity contribution in [1.29, 1.82) is 0 Å². The molecule has 0 spiro atoms. The highest BCUT2D eigenvalue weighted by Gasteiger charge is 2.07. The summed E-state index contributed by atoms with van der Waals surface area (Å²) in [7, 11) is 0. The molecule has 0 saturated carbocycles. The topological polar surface area (TPSA) is 58.0 Å². The number of hydrogen-bond acceptors (Lipinski definition) is 3. The highest BCUT2D eigenvalue weighted by Crippen LogP contribution is 2.24. The van der Waals surface area contributed by atoms with Crippen molar-refractivity contribution in [2.45, 2.75) is 0 Å². The maximum atomic E-state index is 4.45. The van der Waals surface area contributed by atoms with Gasteiger partial charge in [-0.3, -0.25) is 0 Å². The van der Waals surface area contributed by atoms with Crippen LogP contribution >= 0.6 is 15.9 Å². The Labute approximate surface area is 122 Å². The lowest BCUT2D eigenvalue weighted by Crippen LogP contribution is -1.98. The fourth-order valence-corrected chi connectivity index (χ4v) is 2.65. The van der Waals surface area contributed by atoms with Gasteiger partial charge in [0.2, 0.25) is 0 Å². The molecule has 0 atom stereocenters. The van der Waals surface area contributed by atoms with Gasteiger partial charge in [0.15, 0.2) is 11.5 Å². The van der Waals surface area contributed by atoms with Crippen molar-refractivity contribution in [2.75, 3.05) is 5.32 Å². The predicted octanol–water partition coefficient (Wildman–Crippen LogP) is 3.72. The lowest BCUT2D eigenvalue weighted by Gasteiger charge is -2.07. The number of halogens is 1. The van der Waals surface area contributed by atoms with E-state index in [-0.39, 0.29) is 0 Å². The molecule has 0 amide bonds. The number of imidazole rings is 1. The summed E-state index contributed by atoms with van der Waals surface area (Å²) >= 11 is 3.41. The molecule has 5 nitrogen and oxygen atoms in total. The van der Waals surface area contributed by atoms with Crippen LogP contribution in [0.15, 0.2) is 53.7 Å². The van der Waals surface area contributed by atoms with E-state index in [1.165, 1.54) is 0 Å². The number of fused-ring (bicyclic) bond motifs is 2. The minimum absolute atomic E-state index is 0.722. The highest BCUT2D eigenvalue weighted by atomic mass is 79.9. The van der Waals surface area contributed by atoms with Crippen LogP contribution in [0.1, 0.15) is 0 Å². The molecule has 4 aromatic rings. The van der Waals surface area contributed by atoms with Crippen LogP contribution in [-0.4, -0.2) is 19.4 Å². The second kappa shape index (κ2) is 4.35. The molecule has 3 aromatic heterocycles. The number of aromatic nitrogens is 4. The largest absolute Gasteiger partial charge is 0.361 e. The van der Waals surface area contributed by atoms with Crippen LogP contribution in [0.3, 0.4) is 0 Å². The molecule has 0 aliphatic carbocycles. The van der Waals surface area contributed by atoms with Crippen molar-refractivity contribution < 1.29 is 0 Å². The van der Waals surface area contributed by atoms with Crippen LogP contribution in [0.4, 0.5) is 11.5 Å². The molecule has 98 valence electrons. The van der Waals surface area contributed by atoms with Crippen molar-refractivity contribution in [1.82, 2.24) is 19.4 Å². The standard InChI is InChI=1S/C14H10BrN5/c15-12-8-20-6-5-17-14(20)13(19-12)18-10-1-2-11-9(7-10)3-4-16-11/h1-8,16H,(H,18,19). The van der Waals surface area contributed by atoms with Gasteiger partial charge in [0.25, 0.3) is 0 Å². The summed E-state index contributed by atoms with van der Waals surface area (Å²) in [6.45, 7) is 0. The number of nitrogens with zero attached hydrogens (tertiary/aromatic N) is 3. The molecule has 0 radical (unpaired) electrons. The summed E-state index contributed by atoms with van der Waals surface area (Å²) in [4.78, 5) is 11.9. The molecule has 4 rings (SSSR count). The minimum Gasteiger partial charge on any atom is -0.361 e. The molecule has 0 saturated heterocycles. The Morgan fingerprint density at radius 3 is 3.15 bits per heavy atom. The summed E-state index contributed by atoms with van der Waals surface area (Å²) in [5.74, 6) is 0.722. The number of H-pyrrole nitrogens is 1. The van der Waals surface area contributed by atoms with Crippen molar-refractivity contribution in [3.8, 4) is 0 Å². The molecule has 6 heteroatoms. The van der Waals surface area contributed by atoms with Crippen LogP contribution in [0.2, 0.25) is 0 Å². The van der Waals surface area contributed by atoms with E-state index in [0.29, 0.717) is 0 Å². The van der Waals surface area contributed by atoms with E-state index in [9.17, 15) is 0 Å². The molecular weight excluding hydrogens is 318 g/mol. The summed E-state index contributed by atoms with van der Waals surface area (Å²) in [6.07, 6.45) is 7.45. The molecule has 0 unspecified atom stereocenters. The highest BCUT2D eigenvalue weighted by molar-refractivity contribution is 9.10. The van der Waals surface area contributed by atoms with E-state index in [4.69, 9.17) is 0 Å². The first-order chi connectivity index (χ1) is 9.79. The Morgan fingerprint density at radius 1 is 1.25 bits per heavy atom. The molecule has 0 aliphatic rings. The molecule has 0 fully saturated rings. The van der Waals surface area contributed by atoms with Crippen molar-refractivity contribution in [2.24, 2.45) is 0 Å². The molecule has 0 aliphatic heterocycles. The van der Waals surface area contributed by atoms with Crippen LogP contribution in [-0.2, 0) is 0 Å². The zero-order valence-corrected chi connectivity index (χ0v) is 11.9. The van der Waals surface area contributed by atoms with Crippen LogP contribution in [0.25, 0.3) is 16.6 Å². The number of anilines is 2. The van der Waals surface area contributed by atoms with Gasteiger partial charge < -0.3 is 14.7 Å². The zero-order chi connectivity index (χ0) is 13.5. The second-order valence-electron chi connectivity index (χ2n) is 4.48. The van der Waals surface area contributed by atoms with Crippen molar-refractivity contribution in [3.05, 3.63) is 53.7 Å². The Bertz CT molecular complexity index is 908. The van der Waals surface area contributed by atoms with E-state index < -0.39 is 0 Å². The molecule has 2 N–H and O–H groups in total. The first-order valence-electron chi connectivity index (χ1n) is 6.13. The number of hydrogen-bond donors (Lipinski definition) is 2. The van der Waals surface area contributed by atoms with Gasteiger partial charge in [0, 0.05) is 41.4 Å². The number of nitrogens with one attached hydrogen (secondary N) is 2. The number of rotatable bonds is 2. The van der Waals surface area contributed by atoms with E-state index in [1.807, 2.05) is 41.2 Å². The third-order valence-electron chi connectivity index (χ3n) is 3.16. The third kappa shape index (κ3) is 1.85. The lowest BCUT2D eigenvalue weighted by molar-refractivity contribution is 1.10. The first-order valence-corrected chi connectivity index (χ1v) is 6.92. The third-order valence-corrected chi connectivity index (χ3v) is 3.54. The average Bonchev–Trinajstić information content (AvgIpc) is 3.05. The SMILES string of the molecule is Brc1cn2ccnc2c(Nc2ccc3[nH]ccc3c2)n1. The van der Waals surface area contributed by atoms with Crippen LogP contribution < -0.4 is 5.32 Å². The number of benzene rings is 1. The molecule has 0 bridgehead atoms. The first kappa shape index (κ1) is 11.5. The van der Waals surface area contributed by atoms with E-state index in [2.05, 4.69) is 42.3 Å².